The van der Waals surface area contributed by atoms with Gasteiger partial charge in [0.05, 0.1) is 6.54 Å². The van der Waals surface area contributed by atoms with Gasteiger partial charge in [-0.15, -0.1) is 0 Å². The summed E-state index contributed by atoms with van der Waals surface area (Å²) >= 11 is 6.01. The molecule has 32 heavy (non-hydrogen) atoms. The molecule has 0 saturated carbocycles. The number of halogens is 1. The summed E-state index contributed by atoms with van der Waals surface area (Å²) in [6.07, 6.45) is 0. The van der Waals surface area contributed by atoms with E-state index >= 15 is 0 Å². The van der Waals surface area contributed by atoms with Gasteiger partial charge in [-0.25, -0.2) is 0 Å². The second kappa shape index (κ2) is 10.5. The smallest absolute Gasteiger partial charge is 0.253 e. The lowest BCUT2D eigenvalue weighted by molar-refractivity contribution is -0.134. The van der Waals surface area contributed by atoms with E-state index in [9.17, 15) is 9.59 Å². The zero-order chi connectivity index (χ0) is 22.5. The van der Waals surface area contributed by atoms with Gasteiger partial charge in [0.1, 0.15) is 0 Å². The summed E-state index contributed by atoms with van der Waals surface area (Å²) in [5.41, 5.74) is 3.23. The second-order valence-electron chi connectivity index (χ2n) is 8.72. The number of rotatable bonds is 5. The first kappa shape index (κ1) is 22.8. The summed E-state index contributed by atoms with van der Waals surface area (Å²) in [5, 5.41) is 0.569. The Bertz CT molecular complexity index is 950. The zero-order valence-corrected chi connectivity index (χ0v) is 19.4. The molecular formula is C25H31ClN4O2. The molecular weight excluding hydrogens is 424 g/mol. The van der Waals surface area contributed by atoms with E-state index in [4.69, 9.17) is 11.6 Å². The normalized spacial score (nSPS) is 18.1. The number of aryl methyl sites for hydroxylation is 1. The van der Waals surface area contributed by atoms with Crippen LogP contribution in [0.3, 0.4) is 0 Å². The van der Waals surface area contributed by atoms with E-state index in [1.54, 1.807) is 24.3 Å². The number of piperazine rings is 2. The topological polar surface area (TPSA) is 47.1 Å². The zero-order valence-electron chi connectivity index (χ0n) is 18.7. The maximum atomic E-state index is 12.8. The number of carbonyl (C=O) groups is 2. The molecule has 2 fully saturated rings. The standard InChI is InChI=1S/C25H31ClN4O2/c1-20-4-2-5-21(16-20)18-27-8-12-29(13-9-27)24(31)19-28-10-14-30(15-11-28)25(32)22-6-3-7-23(26)17-22/h2-7,16-17H,8-15,18-19H2,1H3. The SMILES string of the molecule is Cc1cccc(CN2CCN(C(=O)CN3CCN(C(=O)c4cccc(Cl)c4)CC3)CC2)c1. The molecule has 2 saturated heterocycles. The number of amides is 2. The molecule has 2 aromatic carbocycles. The number of hydrogen-bond acceptors (Lipinski definition) is 4. The fourth-order valence-corrected chi connectivity index (χ4v) is 4.62. The Labute approximate surface area is 195 Å². The summed E-state index contributed by atoms with van der Waals surface area (Å²) < 4.78 is 0. The Morgan fingerprint density at radius 2 is 1.47 bits per heavy atom. The van der Waals surface area contributed by atoms with Crippen LogP contribution in [0.15, 0.2) is 48.5 Å². The van der Waals surface area contributed by atoms with E-state index in [2.05, 4.69) is 41.0 Å². The fraction of sp³-hybridized carbons (Fsp3) is 0.440. The molecule has 2 amide bonds. The van der Waals surface area contributed by atoms with Crippen molar-refractivity contribution >= 4 is 23.4 Å². The van der Waals surface area contributed by atoms with Crippen LogP contribution in [0.5, 0.6) is 0 Å². The first-order chi connectivity index (χ1) is 15.5. The van der Waals surface area contributed by atoms with Gasteiger partial charge in [0.25, 0.3) is 5.91 Å². The highest BCUT2D eigenvalue weighted by atomic mass is 35.5. The van der Waals surface area contributed by atoms with Gasteiger partial charge in [0.2, 0.25) is 5.91 Å². The molecule has 0 atom stereocenters. The van der Waals surface area contributed by atoms with Crippen LogP contribution in [-0.4, -0.2) is 90.3 Å². The minimum absolute atomic E-state index is 0.00297. The Morgan fingerprint density at radius 3 is 2.16 bits per heavy atom. The molecule has 0 spiro atoms. The van der Waals surface area contributed by atoms with Gasteiger partial charge < -0.3 is 9.80 Å². The Balaban J connectivity index is 1.20. The summed E-state index contributed by atoms with van der Waals surface area (Å²) in [6, 6.07) is 15.7. The summed E-state index contributed by atoms with van der Waals surface area (Å²) in [4.78, 5) is 33.9. The first-order valence-electron chi connectivity index (χ1n) is 11.3. The molecule has 2 heterocycles. The van der Waals surface area contributed by atoms with Crippen LogP contribution in [-0.2, 0) is 11.3 Å². The van der Waals surface area contributed by atoms with Crippen molar-refractivity contribution in [2.45, 2.75) is 13.5 Å². The van der Waals surface area contributed by atoms with Crippen LogP contribution in [0.25, 0.3) is 0 Å². The van der Waals surface area contributed by atoms with E-state index in [1.807, 2.05) is 9.80 Å². The molecule has 170 valence electrons. The second-order valence-corrected chi connectivity index (χ2v) is 9.16. The fourth-order valence-electron chi connectivity index (χ4n) is 4.43. The Morgan fingerprint density at radius 1 is 0.812 bits per heavy atom. The van der Waals surface area contributed by atoms with E-state index in [0.29, 0.717) is 43.3 Å². The summed E-state index contributed by atoms with van der Waals surface area (Å²) in [7, 11) is 0. The molecule has 0 aliphatic carbocycles. The van der Waals surface area contributed by atoms with Gasteiger partial charge in [-0.05, 0) is 30.7 Å². The summed E-state index contributed by atoms with van der Waals surface area (Å²) in [6.45, 7) is 9.53. The van der Waals surface area contributed by atoms with Crippen LogP contribution >= 0.6 is 11.6 Å². The average molecular weight is 455 g/mol. The average Bonchev–Trinajstić information content (AvgIpc) is 2.79. The van der Waals surface area contributed by atoms with Gasteiger partial charge >= 0.3 is 0 Å². The number of carbonyl (C=O) groups excluding carboxylic acids is 2. The third-order valence-corrected chi connectivity index (χ3v) is 6.54. The van der Waals surface area contributed by atoms with Gasteiger partial charge in [-0.3, -0.25) is 19.4 Å². The molecule has 0 aromatic heterocycles. The number of hydrogen-bond donors (Lipinski definition) is 0. The highest BCUT2D eigenvalue weighted by molar-refractivity contribution is 6.30. The van der Waals surface area contributed by atoms with Crippen molar-refractivity contribution in [1.82, 2.24) is 19.6 Å². The van der Waals surface area contributed by atoms with Crippen LogP contribution < -0.4 is 0 Å². The van der Waals surface area contributed by atoms with Crippen molar-refractivity contribution in [3.63, 3.8) is 0 Å². The monoisotopic (exact) mass is 454 g/mol. The van der Waals surface area contributed by atoms with E-state index in [-0.39, 0.29) is 11.8 Å². The van der Waals surface area contributed by atoms with Crippen molar-refractivity contribution < 1.29 is 9.59 Å². The van der Waals surface area contributed by atoms with Gasteiger partial charge in [-0.1, -0.05) is 47.5 Å². The van der Waals surface area contributed by atoms with E-state index in [0.717, 1.165) is 32.7 Å². The van der Waals surface area contributed by atoms with Gasteiger partial charge in [0.15, 0.2) is 0 Å². The van der Waals surface area contributed by atoms with Crippen LogP contribution in [0.4, 0.5) is 0 Å². The minimum Gasteiger partial charge on any atom is -0.339 e. The molecule has 4 rings (SSSR count). The lowest BCUT2D eigenvalue weighted by atomic mass is 10.1. The number of nitrogens with zero attached hydrogens (tertiary/aromatic N) is 4. The highest BCUT2D eigenvalue weighted by Gasteiger charge is 2.26. The maximum Gasteiger partial charge on any atom is 0.253 e. The Hall–Kier alpha value is -2.41. The highest BCUT2D eigenvalue weighted by Crippen LogP contribution is 2.15. The molecule has 7 heteroatoms. The first-order valence-corrected chi connectivity index (χ1v) is 11.7. The molecule has 6 nitrogen and oxygen atoms in total. The molecule has 2 aliphatic rings. The maximum absolute atomic E-state index is 12.8. The van der Waals surface area contributed by atoms with Crippen molar-refractivity contribution in [1.29, 1.82) is 0 Å². The van der Waals surface area contributed by atoms with E-state index < -0.39 is 0 Å². The third kappa shape index (κ3) is 5.88. The minimum atomic E-state index is 0.00297. The van der Waals surface area contributed by atoms with Crippen molar-refractivity contribution in [2.24, 2.45) is 0 Å². The predicted octanol–water partition coefficient (Wildman–Crippen LogP) is 2.75. The van der Waals surface area contributed by atoms with Gasteiger partial charge in [0, 0.05) is 69.5 Å². The molecule has 0 radical (unpaired) electrons. The quantitative estimate of drug-likeness (QED) is 0.697. The van der Waals surface area contributed by atoms with Crippen molar-refractivity contribution in [2.75, 3.05) is 58.9 Å². The molecule has 0 bridgehead atoms. The molecule has 0 N–H and O–H groups in total. The van der Waals surface area contributed by atoms with Crippen molar-refractivity contribution in [3.8, 4) is 0 Å². The Kier molecular flexibility index (Phi) is 7.45. The van der Waals surface area contributed by atoms with E-state index in [1.165, 1.54) is 11.1 Å². The van der Waals surface area contributed by atoms with Crippen LogP contribution in [0.1, 0.15) is 21.5 Å². The van der Waals surface area contributed by atoms with Gasteiger partial charge in [-0.2, -0.15) is 0 Å². The van der Waals surface area contributed by atoms with Crippen LogP contribution in [0, 0.1) is 6.92 Å². The lowest BCUT2D eigenvalue weighted by Crippen LogP contribution is -2.54. The molecule has 0 unspecified atom stereocenters. The van der Waals surface area contributed by atoms with Crippen molar-refractivity contribution in [3.05, 3.63) is 70.2 Å². The third-order valence-electron chi connectivity index (χ3n) is 6.30. The molecule has 2 aliphatic heterocycles. The largest absolute Gasteiger partial charge is 0.339 e. The summed E-state index contributed by atoms with van der Waals surface area (Å²) in [5.74, 6) is 0.193. The van der Waals surface area contributed by atoms with Crippen LogP contribution in [0.2, 0.25) is 5.02 Å². The lowest BCUT2D eigenvalue weighted by Gasteiger charge is -2.38. The number of benzene rings is 2. The predicted molar refractivity (Wildman–Crippen MR) is 127 cm³/mol. The molecule has 2 aromatic rings.